The molecule has 1 heterocycles. The van der Waals surface area contributed by atoms with Crippen LogP contribution in [0.5, 0.6) is 0 Å². The second kappa shape index (κ2) is 15.0. The Kier molecular flexibility index (Phi) is 13.8. The summed E-state index contributed by atoms with van der Waals surface area (Å²) in [5, 5.41) is 6.90. The van der Waals surface area contributed by atoms with E-state index in [1.807, 2.05) is 7.05 Å². The van der Waals surface area contributed by atoms with Crippen molar-refractivity contribution < 1.29 is 4.74 Å². The van der Waals surface area contributed by atoms with Gasteiger partial charge in [-0.15, -0.1) is 24.0 Å². The molecular weight excluding hydrogens is 427 g/mol. The normalized spacial score (nSPS) is 20.1. The first kappa shape index (κ1) is 23.0. The molecule has 0 aromatic carbocycles. The van der Waals surface area contributed by atoms with Crippen molar-refractivity contribution in [3.63, 3.8) is 0 Å². The minimum absolute atomic E-state index is 0. The lowest BCUT2D eigenvalue weighted by Gasteiger charge is -2.26. The van der Waals surface area contributed by atoms with E-state index >= 15 is 0 Å². The van der Waals surface area contributed by atoms with Gasteiger partial charge in [0.15, 0.2) is 5.96 Å². The zero-order valence-electron chi connectivity index (χ0n) is 16.1. The molecular formula is C19H39IN4O. The highest BCUT2D eigenvalue weighted by Crippen LogP contribution is 2.26. The Morgan fingerprint density at radius 2 is 1.68 bits per heavy atom. The summed E-state index contributed by atoms with van der Waals surface area (Å²) in [7, 11) is 1.87. The van der Waals surface area contributed by atoms with Crippen LogP contribution >= 0.6 is 24.0 Å². The van der Waals surface area contributed by atoms with E-state index < -0.39 is 0 Å². The second-order valence-corrected chi connectivity index (χ2v) is 7.23. The van der Waals surface area contributed by atoms with Crippen LogP contribution in [-0.4, -0.2) is 63.8 Å². The number of hydrogen-bond acceptors (Lipinski definition) is 3. The lowest BCUT2D eigenvalue weighted by Crippen LogP contribution is -2.39. The molecule has 1 aliphatic heterocycles. The summed E-state index contributed by atoms with van der Waals surface area (Å²) in [6.45, 7) is 7.23. The van der Waals surface area contributed by atoms with Crippen molar-refractivity contribution in [3.8, 4) is 0 Å². The Labute approximate surface area is 171 Å². The SMILES string of the molecule is CN=C(NCCCCN1CCOCC1)NCCCC1CCCCC1.I. The molecule has 0 amide bonds. The lowest BCUT2D eigenvalue weighted by atomic mass is 9.86. The Balaban J connectivity index is 0.00000312. The predicted molar refractivity (Wildman–Crippen MR) is 117 cm³/mol. The average Bonchev–Trinajstić information content (AvgIpc) is 2.65. The number of morpholine rings is 1. The van der Waals surface area contributed by atoms with Crippen molar-refractivity contribution >= 4 is 29.9 Å². The fourth-order valence-corrected chi connectivity index (χ4v) is 3.79. The second-order valence-electron chi connectivity index (χ2n) is 7.23. The number of rotatable bonds is 9. The monoisotopic (exact) mass is 466 g/mol. The van der Waals surface area contributed by atoms with Gasteiger partial charge in [0, 0.05) is 33.2 Å². The number of nitrogens with one attached hydrogen (secondary N) is 2. The molecule has 148 valence electrons. The topological polar surface area (TPSA) is 48.9 Å². The van der Waals surface area contributed by atoms with Crippen LogP contribution in [0, 0.1) is 5.92 Å². The molecule has 25 heavy (non-hydrogen) atoms. The van der Waals surface area contributed by atoms with Gasteiger partial charge in [-0.25, -0.2) is 0 Å². The molecule has 2 fully saturated rings. The van der Waals surface area contributed by atoms with Crippen molar-refractivity contribution in [2.45, 2.75) is 57.8 Å². The van der Waals surface area contributed by atoms with E-state index in [2.05, 4.69) is 20.5 Å². The number of hydrogen-bond donors (Lipinski definition) is 2. The van der Waals surface area contributed by atoms with Crippen molar-refractivity contribution in [1.82, 2.24) is 15.5 Å². The molecule has 0 aromatic heterocycles. The molecule has 2 N–H and O–H groups in total. The van der Waals surface area contributed by atoms with E-state index in [4.69, 9.17) is 4.74 Å². The van der Waals surface area contributed by atoms with Gasteiger partial charge in [0.1, 0.15) is 0 Å². The molecule has 1 saturated heterocycles. The van der Waals surface area contributed by atoms with E-state index in [-0.39, 0.29) is 24.0 Å². The number of nitrogens with zero attached hydrogens (tertiary/aromatic N) is 2. The molecule has 2 rings (SSSR count). The molecule has 2 aliphatic rings. The van der Waals surface area contributed by atoms with Crippen LogP contribution < -0.4 is 10.6 Å². The van der Waals surface area contributed by atoms with Gasteiger partial charge >= 0.3 is 0 Å². The minimum Gasteiger partial charge on any atom is -0.379 e. The summed E-state index contributed by atoms with van der Waals surface area (Å²) in [6.07, 6.45) is 12.3. The van der Waals surface area contributed by atoms with Gasteiger partial charge in [0.2, 0.25) is 0 Å². The molecule has 5 nitrogen and oxygen atoms in total. The maximum absolute atomic E-state index is 5.38. The molecule has 0 radical (unpaired) electrons. The first-order valence-corrected chi connectivity index (χ1v) is 10.1. The standard InChI is InChI=1S/C19H38N4O.HI/c1-20-19(22-12-7-10-18-8-3-2-4-9-18)21-11-5-6-13-23-14-16-24-17-15-23;/h18H,2-17H2,1H3,(H2,20,21,22);1H. The van der Waals surface area contributed by atoms with Gasteiger partial charge in [-0.3, -0.25) is 9.89 Å². The fourth-order valence-electron chi connectivity index (χ4n) is 3.79. The van der Waals surface area contributed by atoms with Gasteiger partial charge in [0.25, 0.3) is 0 Å². The molecule has 0 unspecified atom stereocenters. The predicted octanol–water partition coefficient (Wildman–Crippen LogP) is 3.24. The van der Waals surface area contributed by atoms with Gasteiger partial charge < -0.3 is 15.4 Å². The zero-order valence-corrected chi connectivity index (χ0v) is 18.4. The minimum atomic E-state index is 0. The molecule has 6 heteroatoms. The van der Waals surface area contributed by atoms with Gasteiger partial charge in [0.05, 0.1) is 13.2 Å². The number of ether oxygens (including phenoxy) is 1. The Morgan fingerprint density at radius 3 is 2.36 bits per heavy atom. The van der Waals surface area contributed by atoms with Crippen LogP contribution in [-0.2, 0) is 4.74 Å². The first-order chi connectivity index (χ1) is 11.9. The Bertz CT molecular complexity index is 342. The third-order valence-electron chi connectivity index (χ3n) is 5.33. The zero-order chi connectivity index (χ0) is 16.9. The van der Waals surface area contributed by atoms with Crippen molar-refractivity contribution in [3.05, 3.63) is 0 Å². The maximum Gasteiger partial charge on any atom is 0.190 e. The van der Waals surface area contributed by atoms with Crippen molar-refractivity contribution in [2.24, 2.45) is 10.9 Å². The molecule has 0 spiro atoms. The Hall–Kier alpha value is -0.0800. The van der Waals surface area contributed by atoms with Crippen LogP contribution in [0.2, 0.25) is 0 Å². The summed E-state index contributed by atoms with van der Waals surface area (Å²) < 4.78 is 5.38. The smallest absolute Gasteiger partial charge is 0.190 e. The highest BCUT2D eigenvalue weighted by Gasteiger charge is 2.12. The lowest BCUT2D eigenvalue weighted by molar-refractivity contribution is 0.0372. The van der Waals surface area contributed by atoms with Gasteiger partial charge in [-0.2, -0.15) is 0 Å². The summed E-state index contributed by atoms with van der Waals surface area (Å²) in [6, 6.07) is 0. The fraction of sp³-hybridized carbons (Fsp3) is 0.947. The van der Waals surface area contributed by atoms with Gasteiger partial charge in [-0.05, 0) is 38.1 Å². The van der Waals surface area contributed by atoms with E-state index in [1.54, 1.807) is 0 Å². The maximum atomic E-state index is 5.38. The summed E-state index contributed by atoms with van der Waals surface area (Å²) >= 11 is 0. The van der Waals surface area contributed by atoms with Crippen LogP contribution in [0.4, 0.5) is 0 Å². The number of guanidine groups is 1. The van der Waals surface area contributed by atoms with Crippen LogP contribution in [0.3, 0.4) is 0 Å². The van der Waals surface area contributed by atoms with Crippen molar-refractivity contribution in [1.29, 1.82) is 0 Å². The third-order valence-corrected chi connectivity index (χ3v) is 5.33. The number of halogens is 1. The van der Waals surface area contributed by atoms with Gasteiger partial charge in [-0.1, -0.05) is 32.1 Å². The highest BCUT2D eigenvalue weighted by molar-refractivity contribution is 14.0. The van der Waals surface area contributed by atoms with E-state index in [0.717, 1.165) is 51.3 Å². The van der Waals surface area contributed by atoms with E-state index in [1.165, 1.54) is 64.3 Å². The molecule has 1 saturated carbocycles. The largest absolute Gasteiger partial charge is 0.379 e. The van der Waals surface area contributed by atoms with E-state index in [9.17, 15) is 0 Å². The first-order valence-electron chi connectivity index (χ1n) is 10.1. The molecule has 0 bridgehead atoms. The molecule has 1 aliphatic carbocycles. The van der Waals surface area contributed by atoms with Crippen LogP contribution in [0.1, 0.15) is 57.8 Å². The average molecular weight is 466 g/mol. The summed E-state index contributed by atoms with van der Waals surface area (Å²) in [4.78, 5) is 6.83. The summed E-state index contributed by atoms with van der Waals surface area (Å²) in [5.41, 5.74) is 0. The number of aliphatic imine (C=N–C) groups is 1. The van der Waals surface area contributed by atoms with Crippen molar-refractivity contribution in [2.75, 3.05) is 53.0 Å². The van der Waals surface area contributed by atoms with E-state index in [0.29, 0.717) is 0 Å². The van der Waals surface area contributed by atoms with Crippen LogP contribution in [0.25, 0.3) is 0 Å². The Morgan fingerprint density at radius 1 is 1.00 bits per heavy atom. The molecule has 0 aromatic rings. The molecule has 0 atom stereocenters. The third kappa shape index (κ3) is 10.6. The summed E-state index contributed by atoms with van der Waals surface area (Å²) in [5.74, 6) is 1.95. The number of unbranched alkanes of at least 4 members (excludes halogenated alkanes) is 1. The quantitative estimate of drug-likeness (QED) is 0.237. The highest BCUT2D eigenvalue weighted by atomic mass is 127. The van der Waals surface area contributed by atoms with Crippen LogP contribution in [0.15, 0.2) is 4.99 Å².